The first kappa shape index (κ1) is 27.3. The number of nitrogens with zero attached hydrogens (tertiary/aromatic N) is 3. The minimum Gasteiger partial charge on any atom is -0.631 e. The molecule has 1 aromatic heterocycles. The SMILES string of the molecule is COCC[N+]1([O-])[C@H]2Cc3c4ccc(C(=O)OC)cc4nn3[C@H]2[C@H](c2cccc(Cl)c2F)[C@]12C(=O)Nc1cc(Cl)ccc12. The number of esters is 1. The predicted octanol–water partition coefficient (Wildman–Crippen LogP) is 5.34. The third-order valence-electron chi connectivity index (χ3n) is 9.16. The summed E-state index contributed by atoms with van der Waals surface area (Å²) in [6, 6.07) is 13.1. The van der Waals surface area contributed by atoms with E-state index in [0.717, 1.165) is 11.1 Å². The Labute approximate surface area is 249 Å². The van der Waals surface area contributed by atoms with Crippen LogP contribution in [-0.4, -0.2) is 59.7 Å². The highest BCUT2D eigenvalue weighted by atomic mass is 35.5. The van der Waals surface area contributed by atoms with E-state index in [2.05, 4.69) is 5.32 Å². The van der Waals surface area contributed by atoms with Crippen LogP contribution in [-0.2, 0) is 26.2 Å². The first-order valence-corrected chi connectivity index (χ1v) is 14.2. The summed E-state index contributed by atoms with van der Waals surface area (Å²) >= 11 is 12.6. The van der Waals surface area contributed by atoms with Crippen LogP contribution in [0.2, 0.25) is 10.0 Å². The number of fused-ring (bicyclic) bond motifs is 7. The van der Waals surface area contributed by atoms with Crippen LogP contribution in [0, 0.1) is 11.0 Å². The molecule has 4 heterocycles. The number of hydrogen-bond donors (Lipinski definition) is 1. The van der Waals surface area contributed by atoms with Gasteiger partial charge in [-0.3, -0.25) is 9.48 Å². The molecular formula is C30H25Cl2FN4O5. The summed E-state index contributed by atoms with van der Waals surface area (Å²) in [6.45, 7) is 0.00205. The first-order valence-electron chi connectivity index (χ1n) is 13.4. The van der Waals surface area contributed by atoms with Crippen molar-refractivity contribution in [1.29, 1.82) is 0 Å². The number of carbonyl (C=O) groups is 2. The van der Waals surface area contributed by atoms with Crippen molar-refractivity contribution in [2.24, 2.45) is 0 Å². The quantitative estimate of drug-likeness (QED) is 0.186. The number of likely N-dealkylation sites (tertiary alicyclic amines) is 1. The van der Waals surface area contributed by atoms with Crippen molar-refractivity contribution in [3.63, 3.8) is 0 Å². The molecule has 0 saturated carbocycles. The molecule has 9 nitrogen and oxygen atoms in total. The van der Waals surface area contributed by atoms with E-state index in [1.165, 1.54) is 20.3 Å². The summed E-state index contributed by atoms with van der Waals surface area (Å²) in [5, 5.41) is 24.4. The van der Waals surface area contributed by atoms with Crippen molar-refractivity contribution in [3.05, 3.63) is 98.1 Å². The van der Waals surface area contributed by atoms with Crippen molar-refractivity contribution in [2.75, 3.05) is 32.7 Å². The van der Waals surface area contributed by atoms with Gasteiger partial charge in [0.25, 0.3) is 5.91 Å². The number of anilines is 1. The second kappa shape index (κ2) is 9.48. The monoisotopic (exact) mass is 610 g/mol. The summed E-state index contributed by atoms with van der Waals surface area (Å²) in [4.78, 5) is 26.6. The second-order valence-electron chi connectivity index (χ2n) is 10.9. The Kier molecular flexibility index (Phi) is 6.17. The largest absolute Gasteiger partial charge is 0.631 e. The number of hydrogen-bond acceptors (Lipinski definition) is 6. The first-order chi connectivity index (χ1) is 20.2. The van der Waals surface area contributed by atoms with Gasteiger partial charge in [0.2, 0.25) is 5.54 Å². The zero-order valence-electron chi connectivity index (χ0n) is 22.6. The van der Waals surface area contributed by atoms with E-state index in [4.69, 9.17) is 37.8 Å². The van der Waals surface area contributed by atoms with Gasteiger partial charge in [-0.1, -0.05) is 41.4 Å². The van der Waals surface area contributed by atoms with Crippen LogP contribution >= 0.6 is 23.2 Å². The van der Waals surface area contributed by atoms with Crippen molar-refractivity contribution >= 4 is 51.7 Å². The van der Waals surface area contributed by atoms with E-state index in [-0.39, 0.29) is 30.2 Å². The van der Waals surface area contributed by atoms with Gasteiger partial charge in [0.05, 0.1) is 47.1 Å². The number of nitrogens with one attached hydrogen (secondary N) is 1. The van der Waals surface area contributed by atoms with Crippen molar-refractivity contribution < 1.29 is 28.1 Å². The minimum absolute atomic E-state index is 0.0684. The third-order valence-corrected chi connectivity index (χ3v) is 9.68. The van der Waals surface area contributed by atoms with Gasteiger partial charge in [-0.15, -0.1) is 0 Å². The van der Waals surface area contributed by atoms with Gasteiger partial charge in [0.15, 0.2) is 0 Å². The lowest BCUT2D eigenvalue weighted by Crippen LogP contribution is -2.64. The fourth-order valence-corrected chi connectivity index (χ4v) is 7.91. The molecule has 12 heteroatoms. The van der Waals surface area contributed by atoms with Crippen LogP contribution in [0.25, 0.3) is 10.9 Å². The Morgan fingerprint density at radius 3 is 2.79 bits per heavy atom. The van der Waals surface area contributed by atoms with E-state index < -0.39 is 45.9 Å². The summed E-state index contributed by atoms with van der Waals surface area (Å²) in [6.07, 6.45) is 0.266. The Balaban J connectivity index is 1.54. The Bertz CT molecular complexity index is 1810. The maximum atomic E-state index is 16.1. The van der Waals surface area contributed by atoms with Crippen LogP contribution in [0.5, 0.6) is 0 Å². The van der Waals surface area contributed by atoms with Gasteiger partial charge in [-0.05, 0) is 36.4 Å². The van der Waals surface area contributed by atoms with Gasteiger partial charge in [-0.25, -0.2) is 9.18 Å². The number of aromatic nitrogens is 2. The molecule has 42 heavy (non-hydrogen) atoms. The lowest BCUT2D eigenvalue weighted by Gasteiger charge is -2.53. The molecule has 5 atom stereocenters. The maximum absolute atomic E-state index is 16.1. The van der Waals surface area contributed by atoms with E-state index >= 15 is 9.60 Å². The smallest absolute Gasteiger partial charge is 0.337 e. The molecule has 1 N–H and O–H groups in total. The van der Waals surface area contributed by atoms with Crippen LogP contribution in [0.1, 0.15) is 39.1 Å². The molecule has 216 valence electrons. The number of halogens is 3. The number of hydroxylamine groups is 3. The highest BCUT2D eigenvalue weighted by Gasteiger charge is 2.76. The Morgan fingerprint density at radius 2 is 2.02 bits per heavy atom. The second-order valence-corrected chi connectivity index (χ2v) is 11.8. The molecule has 3 aliphatic heterocycles. The number of quaternary nitrogens is 1. The minimum atomic E-state index is -1.80. The Hall–Kier alpha value is -3.54. The molecule has 7 rings (SSSR count). The molecule has 0 radical (unpaired) electrons. The third kappa shape index (κ3) is 3.38. The number of methoxy groups -OCH3 is 2. The zero-order chi connectivity index (χ0) is 29.6. The summed E-state index contributed by atoms with van der Waals surface area (Å²) in [7, 11) is 2.80. The molecule has 4 aromatic rings. The van der Waals surface area contributed by atoms with Crippen LogP contribution in [0.3, 0.4) is 0 Å². The maximum Gasteiger partial charge on any atom is 0.337 e. The zero-order valence-corrected chi connectivity index (χ0v) is 24.1. The normalized spacial score (nSPS) is 27.3. The molecule has 1 fully saturated rings. The van der Waals surface area contributed by atoms with E-state index in [0.29, 0.717) is 27.4 Å². The fraction of sp³-hybridized carbons (Fsp3) is 0.300. The van der Waals surface area contributed by atoms with E-state index in [9.17, 15) is 9.59 Å². The molecule has 0 aliphatic carbocycles. The number of benzene rings is 3. The van der Waals surface area contributed by atoms with Gasteiger partial charge in [0.1, 0.15) is 24.4 Å². The topological polar surface area (TPSA) is 106 Å². The molecule has 3 aliphatic rings. The molecular weight excluding hydrogens is 586 g/mol. The van der Waals surface area contributed by atoms with E-state index in [1.54, 1.807) is 53.2 Å². The molecule has 0 bridgehead atoms. The molecule has 1 unspecified atom stereocenters. The van der Waals surface area contributed by atoms with Crippen LogP contribution < -0.4 is 5.32 Å². The average molecular weight is 611 g/mol. The summed E-state index contributed by atoms with van der Waals surface area (Å²) < 4.78 is 27.1. The molecule has 1 spiro atoms. The van der Waals surface area contributed by atoms with Crippen LogP contribution in [0.4, 0.5) is 10.1 Å². The average Bonchev–Trinajstić information content (AvgIpc) is 3.66. The van der Waals surface area contributed by atoms with Gasteiger partial charge in [0, 0.05) is 35.1 Å². The highest BCUT2D eigenvalue weighted by molar-refractivity contribution is 6.31. The van der Waals surface area contributed by atoms with Gasteiger partial charge < -0.3 is 24.6 Å². The lowest BCUT2D eigenvalue weighted by atomic mass is 9.73. The lowest BCUT2D eigenvalue weighted by molar-refractivity contribution is -0.938. The highest BCUT2D eigenvalue weighted by Crippen LogP contribution is 2.67. The van der Waals surface area contributed by atoms with E-state index in [1.807, 2.05) is 0 Å². The fourth-order valence-electron chi connectivity index (χ4n) is 7.55. The van der Waals surface area contributed by atoms with Crippen molar-refractivity contribution in [1.82, 2.24) is 9.78 Å². The summed E-state index contributed by atoms with van der Waals surface area (Å²) in [5.41, 5.74) is 0.815. The van der Waals surface area contributed by atoms with Crippen molar-refractivity contribution in [3.8, 4) is 0 Å². The molecule has 3 aromatic carbocycles. The molecule has 1 amide bonds. The number of rotatable bonds is 5. The van der Waals surface area contributed by atoms with Gasteiger partial charge in [-0.2, -0.15) is 5.10 Å². The number of amides is 1. The molecule has 1 saturated heterocycles. The summed E-state index contributed by atoms with van der Waals surface area (Å²) in [5.74, 6) is -2.75. The van der Waals surface area contributed by atoms with Crippen molar-refractivity contribution in [2.45, 2.75) is 30.0 Å². The predicted molar refractivity (Wildman–Crippen MR) is 154 cm³/mol. The standard InChI is InChI=1S/C30H25Cl2FN4O5/c1-41-11-10-37(40)24-14-23-17-8-6-15(28(38)42-2)12-21(17)35-36(23)27(24)25(18-4-3-5-20(32)26(18)33)30(37)19-9-7-16(31)13-22(19)34-29(30)39/h3-9,12-13,24-25,27H,10-11,14H2,1-2H3,(H,34,39)/t24-,25-,27+,30+,37?/m0/s1. The Morgan fingerprint density at radius 1 is 1.21 bits per heavy atom. The van der Waals surface area contributed by atoms with Crippen LogP contribution in [0.15, 0.2) is 54.6 Å². The van der Waals surface area contributed by atoms with Gasteiger partial charge >= 0.3 is 5.97 Å². The number of ether oxygens (including phenoxy) is 2. The number of carbonyl (C=O) groups excluding carboxylic acids is 2.